The predicted molar refractivity (Wildman–Crippen MR) is 68.6 cm³/mol. The van der Waals surface area contributed by atoms with Crippen molar-refractivity contribution in [2.24, 2.45) is 0 Å². The molecule has 0 aliphatic carbocycles. The average molecular weight is 279 g/mol. The van der Waals surface area contributed by atoms with Crippen LogP contribution in [0.25, 0.3) is 11.5 Å². The van der Waals surface area contributed by atoms with E-state index in [9.17, 15) is 4.79 Å². The number of nitrogens with zero attached hydrogens (tertiary/aromatic N) is 4. The predicted octanol–water partition coefficient (Wildman–Crippen LogP) is 1.85. The summed E-state index contributed by atoms with van der Waals surface area (Å²) in [5.41, 5.74) is 1.26. The van der Waals surface area contributed by atoms with Crippen molar-refractivity contribution in [2.75, 3.05) is 6.61 Å². The zero-order valence-corrected chi connectivity index (χ0v) is 11.0. The Morgan fingerprint density at radius 1 is 1.42 bits per heavy atom. The molecule has 0 radical (unpaired) electrons. The molecular formula is C12H11ClN4O2. The standard InChI is InChI=1S/C12H11ClN4O2/c1-2-19-12(18)8-6-15-11(17-10(8)5-13)9-3-4-14-7-16-9/h3-4,6-7H,2,5H2,1H3. The van der Waals surface area contributed by atoms with Crippen LogP contribution in [0.4, 0.5) is 0 Å². The van der Waals surface area contributed by atoms with Crippen molar-refractivity contribution < 1.29 is 9.53 Å². The van der Waals surface area contributed by atoms with E-state index in [-0.39, 0.29) is 18.1 Å². The summed E-state index contributed by atoms with van der Waals surface area (Å²) in [7, 11) is 0. The Balaban J connectivity index is 2.39. The average Bonchev–Trinajstić information content (AvgIpc) is 2.47. The van der Waals surface area contributed by atoms with Crippen molar-refractivity contribution in [1.82, 2.24) is 19.9 Å². The summed E-state index contributed by atoms with van der Waals surface area (Å²) in [6.07, 6.45) is 4.39. The Kier molecular flexibility index (Phi) is 4.35. The maximum atomic E-state index is 11.7. The van der Waals surface area contributed by atoms with E-state index < -0.39 is 5.97 Å². The molecule has 6 nitrogen and oxygen atoms in total. The molecule has 0 aromatic carbocycles. The Morgan fingerprint density at radius 3 is 2.89 bits per heavy atom. The van der Waals surface area contributed by atoms with Crippen LogP contribution in [0.1, 0.15) is 23.0 Å². The third kappa shape index (κ3) is 3.03. The maximum Gasteiger partial charge on any atom is 0.341 e. The van der Waals surface area contributed by atoms with Crippen molar-refractivity contribution in [3.05, 3.63) is 36.0 Å². The quantitative estimate of drug-likeness (QED) is 0.627. The van der Waals surface area contributed by atoms with Gasteiger partial charge in [0.2, 0.25) is 0 Å². The molecule has 2 heterocycles. The number of aromatic nitrogens is 4. The molecule has 0 spiro atoms. The molecule has 0 fully saturated rings. The van der Waals surface area contributed by atoms with Gasteiger partial charge in [0.15, 0.2) is 5.82 Å². The zero-order valence-electron chi connectivity index (χ0n) is 10.2. The maximum absolute atomic E-state index is 11.7. The summed E-state index contributed by atoms with van der Waals surface area (Å²) >= 11 is 5.80. The van der Waals surface area contributed by atoms with Gasteiger partial charge in [0, 0.05) is 12.4 Å². The minimum Gasteiger partial charge on any atom is -0.462 e. The van der Waals surface area contributed by atoms with E-state index in [2.05, 4.69) is 19.9 Å². The van der Waals surface area contributed by atoms with Gasteiger partial charge in [0.1, 0.15) is 17.6 Å². The summed E-state index contributed by atoms with van der Waals surface area (Å²) in [6.45, 7) is 2.02. The number of rotatable bonds is 4. The van der Waals surface area contributed by atoms with Gasteiger partial charge in [0.05, 0.1) is 18.2 Å². The van der Waals surface area contributed by atoms with E-state index in [0.29, 0.717) is 17.2 Å². The molecule has 19 heavy (non-hydrogen) atoms. The third-order valence-electron chi connectivity index (χ3n) is 2.30. The van der Waals surface area contributed by atoms with E-state index in [0.717, 1.165) is 0 Å². The Morgan fingerprint density at radius 2 is 2.26 bits per heavy atom. The first kappa shape index (κ1) is 13.4. The highest BCUT2D eigenvalue weighted by Crippen LogP contribution is 2.15. The van der Waals surface area contributed by atoms with Gasteiger partial charge in [-0.15, -0.1) is 11.6 Å². The molecule has 0 aliphatic heterocycles. The molecule has 2 rings (SSSR count). The Bertz CT molecular complexity index is 577. The Labute approximate surface area is 114 Å². The van der Waals surface area contributed by atoms with Crippen molar-refractivity contribution in [3.8, 4) is 11.5 Å². The first-order valence-electron chi connectivity index (χ1n) is 5.61. The van der Waals surface area contributed by atoms with Gasteiger partial charge >= 0.3 is 5.97 Å². The number of halogens is 1. The number of carbonyl (C=O) groups is 1. The van der Waals surface area contributed by atoms with Crippen LogP contribution in [0.2, 0.25) is 0 Å². The lowest BCUT2D eigenvalue weighted by atomic mass is 10.2. The number of hydrogen-bond acceptors (Lipinski definition) is 6. The number of hydrogen-bond donors (Lipinski definition) is 0. The lowest BCUT2D eigenvalue weighted by molar-refractivity contribution is 0.0524. The molecule has 7 heteroatoms. The molecule has 0 atom stereocenters. The minimum absolute atomic E-state index is 0.0920. The summed E-state index contributed by atoms with van der Waals surface area (Å²) in [6, 6.07) is 1.68. The van der Waals surface area contributed by atoms with Gasteiger partial charge in [-0.05, 0) is 13.0 Å². The highest BCUT2D eigenvalue weighted by molar-refractivity contribution is 6.17. The second kappa shape index (κ2) is 6.19. The van der Waals surface area contributed by atoms with Crippen LogP contribution in [0.3, 0.4) is 0 Å². The number of alkyl halides is 1. The van der Waals surface area contributed by atoms with Crippen molar-refractivity contribution >= 4 is 17.6 Å². The van der Waals surface area contributed by atoms with Crippen LogP contribution in [-0.4, -0.2) is 32.5 Å². The molecule has 0 saturated carbocycles. The molecular weight excluding hydrogens is 268 g/mol. The molecule has 0 unspecified atom stereocenters. The molecule has 0 bridgehead atoms. The van der Waals surface area contributed by atoms with E-state index in [4.69, 9.17) is 16.3 Å². The van der Waals surface area contributed by atoms with E-state index in [1.807, 2.05) is 0 Å². The fraction of sp³-hybridized carbons (Fsp3) is 0.250. The van der Waals surface area contributed by atoms with Crippen LogP contribution in [0, 0.1) is 0 Å². The summed E-state index contributed by atoms with van der Waals surface area (Å²) in [5.74, 6) is 0.00728. The lowest BCUT2D eigenvalue weighted by Crippen LogP contribution is -2.10. The fourth-order valence-corrected chi connectivity index (χ4v) is 1.65. The highest BCUT2D eigenvalue weighted by atomic mass is 35.5. The highest BCUT2D eigenvalue weighted by Gasteiger charge is 2.15. The largest absolute Gasteiger partial charge is 0.462 e. The van der Waals surface area contributed by atoms with Gasteiger partial charge in [-0.1, -0.05) is 0 Å². The zero-order chi connectivity index (χ0) is 13.7. The molecule has 2 aromatic rings. The van der Waals surface area contributed by atoms with Gasteiger partial charge in [0.25, 0.3) is 0 Å². The molecule has 0 amide bonds. The second-order valence-electron chi connectivity index (χ2n) is 3.50. The van der Waals surface area contributed by atoms with E-state index >= 15 is 0 Å². The van der Waals surface area contributed by atoms with Crippen LogP contribution in [0.15, 0.2) is 24.8 Å². The van der Waals surface area contributed by atoms with E-state index in [1.165, 1.54) is 12.5 Å². The van der Waals surface area contributed by atoms with Gasteiger partial charge in [-0.3, -0.25) is 0 Å². The van der Waals surface area contributed by atoms with Crippen LogP contribution in [0.5, 0.6) is 0 Å². The van der Waals surface area contributed by atoms with E-state index in [1.54, 1.807) is 19.2 Å². The summed E-state index contributed by atoms with van der Waals surface area (Å²) in [5, 5.41) is 0. The SMILES string of the molecule is CCOC(=O)c1cnc(-c2ccncn2)nc1CCl. The monoisotopic (exact) mass is 278 g/mol. The van der Waals surface area contributed by atoms with Gasteiger partial charge in [-0.25, -0.2) is 24.7 Å². The fourth-order valence-electron chi connectivity index (χ4n) is 1.44. The van der Waals surface area contributed by atoms with Crippen LogP contribution < -0.4 is 0 Å². The second-order valence-corrected chi connectivity index (χ2v) is 3.77. The Hall–Kier alpha value is -2.08. The first-order chi connectivity index (χ1) is 9.26. The smallest absolute Gasteiger partial charge is 0.341 e. The van der Waals surface area contributed by atoms with Crippen LogP contribution >= 0.6 is 11.6 Å². The lowest BCUT2D eigenvalue weighted by Gasteiger charge is -2.07. The molecule has 2 aromatic heterocycles. The van der Waals surface area contributed by atoms with Crippen molar-refractivity contribution in [1.29, 1.82) is 0 Å². The molecule has 0 saturated heterocycles. The molecule has 0 N–H and O–H groups in total. The number of carbonyl (C=O) groups excluding carboxylic acids is 1. The molecule has 0 aliphatic rings. The topological polar surface area (TPSA) is 77.9 Å². The van der Waals surface area contributed by atoms with Crippen molar-refractivity contribution in [2.45, 2.75) is 12.8 Å². The van der Waals surface area contributed by atoms with Gasteiger partial charge in [-0.2, -0.15) is 0 Å². The van der Waals surface area contributed by atoms with Gasteiger partial charge < -0.3 is 4.74 Å². The molecule has 98 valence electrons. The first-order valence-corrected chi connectivity index (χ1v) is 6.15. The normalized spacial score (nSPS) is 10.2. The third-order valence-corrected chi connectivity index (χ3v) is 2.55. The summed E-state index contributed by atoms with van der Waals surface area (Å²) in [4.78, 5) is 27.9. The summed E-state index contributed by atoms with van der Waals surface area (Å²) < 4.78 is 4.91. The van der Waals surface area contributed by atoms with Crippen LogP contribution in [-0.2, 0) is 10.6 Å². The van der Waals surface area contributed by atoms with Crippen molar-refractivity contribution in [3.63, 3.8) is 0 Å². The minimum atomic E-state index is -0.479. The number of ether oxygens (including phenoxy) is 1. The number of esters is 1.